The molecule has 7 nitrogen and oxygen atoms in total. The van der Waals surface area contributed by atoms with Crippen LogP contribution in [0.5, 0.6) is 0 Å². The van der Waals surface area contributed by atoms with Crippen LogP contribution in [0.4, 0.5) is 5.00 Å². The van der Waals surface area contributed by atoms with Crippen molar-refractivity contribution in [3.8, 4) is 0 Å². The molecular weight excluding hydrogens is 336 g/mol. The maximum Gasteiger partial charge on any atom is 0.275 e. The maximum atomic E-state index is 12.3. The first-order chi connectivity index (χ1) is 10.8. The number of thioether (sulfide) groups is 1. The van der Waals surface area contributed by atoms with E-state index in [-0.39, 0.29) is 11.3 Å². The van der Waals surface area contributed by atoms with E-state index in [1.54, 1.807) is 6.92 Å². The van der Waals surface area contributed by atoms with Crippen LogP contribution in [0.2, 0.25) is 0 Å². The molecule has 0 saturated heterocycles. The molecular formula is C14H16N4O3S2. The van der Waals surface area contributed by atoms with Gasteiger partial charge in [0.05, 0.1) is 11.3 Å². The lowest BCUT2D eigenvalue weighted by Gasteiger charge is -2.06. The summed E-state index contributed by atoms with van der Waals surface area (Å²) in [6, 6.07) is 1.12. The highest BCUT2D eigenvalue weighted by Gasteiger charge is 2.20. The molecule has 0 aliphatic carbocycles. The van der Waals surface area contributed by atoms with Gasteiger partial charge in [-0.2, -0.15) is 11.8 Å². The molecule has 4 N–H and O–H groups in total. The normalized spacial score (nSPS) is 10.6. The fraction of sp³-hybridized carbons (Fsp3) is 0.286. The Morgan fingerprint density at radius 1 is 1.43 bits per heavy atom. The Kier molecular flexibility index (Phi) is 5.22. The minimum atomic E-state index is -0.607. The molecule has 2 aromatic heterocycles. The van der Waals surface area contributed by atoms with Crippen LogP contribution in [0, 0.1) is 13.8 Å². The van der Waals surface area contributed by atoms with Crippen molar-refractivity contribution < 1.29 is 9.59 Å². The van der Waals surface area contributed by atoms with E-state index in [0.717, 1.165) is 16.5 Å². The van der Waals surface area contributed by atoms with E-state index >= 15 is 0 Å². The number of thiophene rings is 1. The second-order valence-corrected chi connectivity index (χ2v) is 6.91. The first kappa shape index (κ1) is 17.2. The predicted molar refractivity (Wildman–Crippen MR) is 92.3 cm³/mol. The smallest absolute Gasteiger partial charge is 0.275 e. The van der Waals surface area contributed by atoms with Gasteiger partial charge in [-0.3, -0.25) is 14.4 Å². The minimum absolute atomic E-state index is 0.00285. The Labute approximate surface area is 140 Å². The summed E-state index contributed by atoms with van der Waals surface area (Å²) in [5.41, 5.74) is 5.99. The van der Waals surface area contributed by atoms with E-state index in [0.29, 0.717) is 16.6 Å². The monoisotopic (exact) mass is 352 g/mol. The Hall–Kier alpha value is -2.13. The molecule has 2 heterocycles. The molecule has 2 aromatic rings. The highest BCUT2D eigenvalue weighted by atomic mass is 32.2. The van der Waals surface area contributed by atoms with Crippen molar-refractivity contribution in [3.63, 3.8) is 0 Å². The van der Waals surface area contributed by atoms with Crippen molar-refractivity contribution in [2.24, 2.45) is 5.73 Å². The lowest BCUT2D eigenvalue weighted by molar-refractivity contribution is 0.100. The number of amides is 2. The van der Waals surface area contributed by atoms with Crippen LogP contribution in [-0.4, -0.2) is 28.0 Å². The van der Waals surface area contributed by atoms with Gasteiger partial charge >= 0.3 is 0 Å². The number of nitrogens with zero attached hydrogens (tertiary/aromatic N) is 1. The molecule has 0 unspecified atom stereocenters. The molecule has 23 heavy (non-hydrogen) atoms. The molecule has 122 valence electrons. The van der Waals surface area contributed by atoms with Gasteiger partial charge in [0.1, 0.15) is 16.5 Å². The van der Waals surface area contributed by atoms with Crippen molar-refractivity contribution in [1.82, 2.24) is 9.97 Å². The molecule has 0 fully saturated rings. The van der Waals surface area contributed by atoms with E-state index in [4.69, 9.17) is 5.73 Å². The minimum Gasteiger partial charge on any atom is -0.365 e. The zero-order valence-electron chi connectivity index (χ0n) is 12.9. The number of aryl methyl sites for hydroxylation is 1. The standard InChI is InChI=1S/C14H16N4O3S2/c1-6-7(2)23-14(11(6)12(15)20)18-13(21)8-4-10(19)17-9(16-8)5-22-3/h4H,5H2,1-3H3,(H2,15,20)(H,18,21)(H,16,17,19). The number of aromatic amines is 1. The molecule has 0 spiro atoms. The third-order valence-electron chi connectivity index (χ3n) is 3.16. The Balaban J connectivity index is 2.35. The Morgan fingerprint density at radius 2 is 2.13 bits per heavy atom. The van der Waals surface area contributed by atoms with Crippen molar-refractivity contribution >= 4 is 39.9 Å². The second-order valence-electron chi connectivity index (χ2n) is 4.82. The molecule has 2 rings (SSSR count). The van der Waals surface area contributed by atoms with Gasteiger partial charge in [-0.1, -0.05) is 0 Å². The third-order valence-corrected chi connectivity index (χ3v) is 4.85. The van der Waals surface area contributed by atoms with Gasteiger partial charge in [0.25, 0.3) is 17.4 Å². The molecule has 0 aliphatic heterocycles. The van der Waals surface area contributed by atoms with Crippen molar-refractivity contribution in [2.45, 2.75) is 19.6 Å². The van der Waals surface area contributed by atoms with E-state index in [9.17, 15) is 14.4 Å². The molecule has 0 radical (unpaired) electrons. The SMILES string of the molecule is CSCc1nc(C(=O)Nc2sc(C)c(C)c2C(N)=O)cc(=O)[nH]1. The number of rotatable bonds is 5. The first-order valence-corrected chi connectivity index (χ1v) is 8.84. The number of H-pyrrole nitrogens is 1. The first-order valence-electron chi connectivity index (χ1n) is 6.63. The summed E-state index contributed by atoms with van der Waals surface area (Å²) in [5.74, 6) is -0.254. The second kappa shape index (κ2) is 6.97. The van der Waals surface area contributed by atoms with Crippen LogP contribution in [0.25, 0.3) is 0 Å². The van der Waals surface area contributed by atoms with Crippen molar-refractivity contribution in [2.75, 3.05) is 11.6 Å². The van der Waals surface area contributed by atoms with Gasteiger partial charge < -0.3 is 16.0 Å². The van der Waals surface area contributed by atoms with Crippen molar-refractivity contribution in [3.05, 3.63) is 43.9 Å². The third kappa shape index (κ3) is 3.80. The quantitative estimate of drug-likeness (QED) is 0.756. The number of hydrogen-bond acceptors (Lipinski definition) is 6. The number of carbonyl (C=O) groups excluding carboxylic acids is 2. The van der Waals surface area contributed by atoms with Gasteiger partial charge in [0.2, 0.25) is 0 Å². The molecule has 9 heteroatoms. The largest absolute Gasteiger partial charge is 0.365 e. The van der Waals surface area contributed by atoms with E-state index in [1.807, 2.05) is 13.2 Å². The number of aromatic nitrogens is 2. The average molecular weight is 352 g/mol. The summed E-state index contributed by atoms with van der Waals surface area (Å²) in [6.45, 7) is 3.60. The van der Waals surface area contributed by atoms with Crippen LogP contribution < -0.4 is 16.6 Å². The summed E-state index contributed by atoms with van der Waals surface area (Å²) >= 11 is 2.74. The van der Waals surface area contributed by atoms with Gasteiger partial charge in [0, 0.05) is 10.9 Å². The summed E-state index contributed by atoms with van der Waals surface area (Å²) in [6.07, 6.45) is 1.86. The van der Waals surface area contributed by atoms with E-state index < -0.39 is 17.4 Å². The summed E-state index contributed by atoms with van der Waals surface area (Å²) in [4.78, 5) is 43.1. The highest BCUT2D eigenvalue weighted by Crippen LogP contribution is 2.32. The van der Waals surface area contributed by atoms with Crippen LogP contribution in [0.1, 0.15) is 37.1 Å². The summed E-state index contributed by atoms with van der Waals surface area (Å²) in [5, 5.41) is 2.99. The van der Waals surface area contributed by atoms with Crippen LogP contribution in [-0.2, 0) is 5.75 Å². The van der Waals surface area contributed by atoms with Gasteiger partial charge in [-0.05, 0) is 25.7 Å². The molecule has 2 amide bonds. The van der Waals surface area contributed by atoms with Crippen LogP contribution >= 0.6 is 23.1 Å². The van der Waals surface area contributed by atoms with Crippen LogP contribution in [0.15, 0.2) is 10.9 Å². The zero-order chi connectivity index (χ0) is 17.1. The number of anilines is 1. The topological polar surface area (TPSA) is 118 Å². The van der Waals surface area contributed by atoms with E-state index in [2.05, 4.69) is 15.3 Å². The lowest BCUT2D eigenvalue weighted by Crippen LogP contribution is -2.21. The lowest BCUT2D eigenvalue weighted by atomic mass is 10.1. The Bertz CT molecular complexity index is 826. The fourth-order valence-electron chi connectivity index (χ4n) is 2.01. The average Bonchev–Trinajstić information content (AvgIpc) is 2.73. The van der Waals surface area contributed by atoms with Crippen molar-refractivity contribution in [1.29, 1.82) is 0 Å². The number of carbonyl (C=O) groups is 2. The number of primary amides is 1. The molecule has 0 atom stereocenters. The summed E-state index contributed by atoms with van der Waals surface area (Å²) < 4.78 is 0. The molecule has 0 aliphatic rings. The maximum absolute atomic E-state index is 12.3. The highest BCUT2D eigenvalue weighted by molar-refractivity contribution is 7.97. The Morgan fingerprint density at radius 3 is 2.74 bits per heavy atom. The molecule has 0 bridgehead atoms. The van der Waals surface area contributed by atoms with Gasteiger partial charge in [0.15, 0.2) is 0 Å². The van der Waals surface area contributed by atoms with Crippen LogP contribution in [0.3, 0.4) is 0 Å². The number of hydrogen-bond donors (Lipinski definition) is 3. The summed E-state index contributed by atoms with van der Waals surface area (Å²) in [7, 11) is 0. The zero-order valence-corrected chi connectivity index (χ0v) is 14.5. The van der Waals surface area contributed by atoms with Gasteiger partial charge in [-0.15, -0.1) is 11.3 Å². The van der Waals surface area contributed by atoms with Gasteiger partial charge in [-0.25, -0.2) is 4.98 Å². The number of nitrogens with one attached hydrogen (secondary N) is 2. The predicted octanol–water partition coefficient (Wildman–Crippen LogP) is 1.66. The van der Waals surface area contributed by atoms with E-state index in [1.165, 1.54) is 23.1 Å². The number of nitrogens with two attached hydrogens (primary N) is 1. The molecule has 0 aromatic carbocycles. The molecule has 0 saturated carbocycles. The fourth-order valence-corrected chi connectivity index (χ4v) is 3.48.